The summed E-state index contributed by atoms with van der Waals surface area (Å²) in [5.74, 6) is -1.65. The number of carbonyl (C=O) groups is 2. The number of hydrogen-bond donors (Lipinski definition) is 1. The monoisotopic (exact) mass is 389 g/mol. The summed E-state index contributed by atoms with van der Waals surface area (Å²) >= 11 is 0. The van der Waals surface area contributed by atoms with Crippen molar-refractivity contribution < 1.29 is 23.1 Å². The number of halogens is 3. The Hall–Kier alpha value is -1.77. The van der Waals surface area contributed by atoms with Gasteiger partial charge in [-0.3, -0.25) is 9.59 Å². The molecule has 0 spiro atoms. The highest BCUT2D eigenvalue weighted by Gasteiger charge is 2.31. The molecule has 3 rings (SSSR count). The molecule has 9 heteroatoms. The van der Waals surface area contributed by atoms with Crippen molar-refractivity contribution in [2.24, 2.45) is 0 Å². The van der Waals surface area contributed by atoms with E-state index in [4.69, 9.17) is 4.74 Å². The molecule has 2 aliphatic heterocycles. The highest BCUT2D eigenvalue weighted by atomic mass is 35.5. The molecule has 2 saturated heterocycles. The number of carbonyl (C=O) groups excluding carboxylic acids is 2. The molecule has 1 unspecified atom stereocenters. The highest BCUT2D eigenvalue weighted by molar-refractivity contribution is 5.89. The Morgan fingerprint density at radius 1 is 1.15 bits per heavy atom. The number of nitrogens with zero attached hydrogens (tertiary/aromatic N) is 2. The van der Waals surface area contributed by atoms with Crippen LogP contribution in [-0.2, 0) is 20.9 Å². The smallest absolute Gasteiger partial charge is 0.240 e. The number of amides is 2. The van der Waals surface area contributed by atoms with Gasteiger partial charge in [0.1, 0.15) is 11.6 Å². The molecule has 0 radical (unpaired) electrons. The fourth-order valence-electron chi connectivity index (χ4n) is 3.15. The van der Waals surface area contributed by atoms with E-state index in [1.807, 2.05) is 0 Å². The van der Waals surface area contributed by atoms with Crippen LogP contribution in [0.5, 0.6) is 0 Å². The van der Waals surface area contributed by atoms with Crippen LogP contribution in [0.1, 0.15) is 12.0 Å². The van der Waals surface area contributed by atoms with Crippen molar-refractivity contribution in [2.45, 2.75) is 19.0 Å². The third-order valence-electron chi connectivity index (χ3n) is 4.42. The molecule has 0 aliphatic carbocycles. The Balaban J connectivity index is 0.00000243. The summed E-state index contributed by atoms with van der Waals surface area (Å²) in [5.41, 5.74) is 0.394. The highest BCUT2D eigenvalue weighted by Crippen LogP contribution is 2.14. The Kier molecular flexibility index (Phi) is 7.31. The van der Waals surface area contributed by atoms with E-state index in [0.717, 1.165) is 6.07 Å². The van der Waals surface area contributed by atoms with Gasteiger partial charge in [-0.05, 0) is 17.7 Å². The first kappa shape index (κ1) is 20.5. The largest absolute Gasteiger partial charge is 0.378 e. The van der Waals surface area contributed by atoms with Crippen LogP contribution in [0, 0.1) is 11.6 Å². The second kappa shape index (κ2) is 9.25. The van der Waals surface area contributed by atoms with Crippen LogP contribution in [0.4, 0.5) is 8.78 Å². The van der Waals surface area contributed by atoms with E-state index in [2.05, 4.69) is 5.32 Å². The van der Waals surface area contributed by atoms with Gasteiger partial charge in [0.2, 0.25) is 11.8 Å². The van der Waals surface area contributed by atoms with E-state index in [9.17, 15) is 18.4 Å². The molecule has 0 aromatic heterocycles. The summed E-state index contributed by atoms with van der Waals surface area (Å²) in [5, 5.41) is 3.06. The van der Waals surface area contributed by atoms with Gasteiger partial charge in [-0.2, -0.15) is 0 Å². The fraction of sp³-hybridized carbons (Fsp3) is 0.529. The van der Waals surface area contributed by atoms with Crippen LogP contribution >= 0.6 is 12.4 Å². The van der Waals surface area contributed by atoms with Gasteiger partial charge in [-0.1, -0.05) is 0 Å². The van der Waals surface area contributed by atoms with Crippen LogP contribution in [0.3, 0.4) is 0 Å². The summed E-state index contributed by atoms with van der Waals surface area (Å²) in [4.78, 5) is 28.1. The van der Waals surface area contributed by atoms with Crippen LogP contribution in [0.15, 0.2) is 18.2 Å². The van der Waals surface area contributed by atoms with Crippen LogP contribution < -0.4 is 5.32 Å². The van der Waals surface area contributed by atoms with E-state index in [-0.39, 0.29) is 37.2 Å². The quantitative estimate of drug-likeness (QED) is 0.832. The van der Waals surface area contributed by atoms with Gasteiger partial charge in [0.05, 0.1) is 25.7 Å². The van der Waals surface area contributed by atoms with Crippen molar-refractivity contribution in [2.75, 3.05) is 39.4 Å². The molecule has 144 valence electrons. The Morgan fingerprint density at radius 2 is 1.81 bits per heavy atom. The molecular weight excluding hydrogens is 368 g/mol. The normalized spacial score (nSPS) is 20.7. The second-order valence-electron chi connectivity index (χ2n) is 6.24. The lowest BCUT2D eigenvalue weighted by atomic mass is 10.1. The molecular formula is C17H22ClF2N3O3. The molecule has 2 fully saturated rings. The zero-order valence-electron chi connectivity index (χ0n) is 14.2. The molecule has 2 amide bonds. The molecule has 26 heavy (non-hydrogen) atoms. The molecule has 2 aliphatic rings. The average Bonchev–Trinajstić information content (AvgIpc) is 2.58. The minimum Gasteiger partial charge on any atom is -0.378 e. The maximum Gasteiger partial charge on any atom is 0.240 e. The zero-order chi connectivity index (χ0) is 17.8. The number of nitrogens with one attached hydrogen (secondary N) is 1. The molecule has 1 N–H and O–H groups in total. The number of piperazine rings is 1. The SMILES string of the molecule is Cl.O=C(CC1NCCN(Cc2cc(F)cc(F)c2)C1=O)N1CCOCC1. The van der Waals surface area contributed by atoms with Crippen molar-refractivity contribution in [1.82, 2.24) is 15.1 Å². The van der Waals surface area contributed by atoms with Gasteiger partial charge in [0, 0.05) is 38.8 Å². The predicted molar refractivity (Wildman–Crippen MR) is 92.8 cm³/mol. The third-order valence-corrected chi connectivity index (χ3v) is 4.42. The van der Waals surface area contributed by atoms with E-state index in [1.165, 1.54) is 17.0 Å². The third kappa shape index (κ3) is 5.12. The Bertz CT molecular complexity index is 636. The molecule has 6 nitrogen and oxygen atoms in total. The van der Waals surface area contributed by atoms with Gasteiger partial charge < -0.3 is 19.9 Å². The van der Waals surface area contributed by atoms with Crippen molar-refractivity contribution >= 4 is 24.2 Å². The topological polar surface area (TPSA) is 61.9 Å². The lowest BCUT2D eigenvalue weighted by Gasteiger charge is -2.34. The van der Waals surface area contributed by atoms with E-state index in [1.54, 1.807) is 4.90 Å². The first-order valence-corrected chi connectivity index (χ1v) is 8.35. The Morgan fingerprint density at radius 3 is 2.46 bits per heavy atom. The Labute approximate surface area is 156 Å². The second-order valence-corrected chi connectivity index (χ2v) is 6.24. The lowest BCUT2D eigenvalue weighted by Crippen LogP contribution is -2.56. The van der Waals surface area contributed by atoms with Gasteiger partial charge in [0.15, 0.2) is 0 Å². The van der Waals surface area contributed by atoms with Crippen LogP contribution in [0.25, 0.3) is 0 Å². The predicted octanol–water partition coefficient (Wildman–Crippen LogP) is 0.936. The summed E-state index contributed by atoms with van der Waals surface area (Å²) in [6, 6.07) is 2.62. The van der Waals surface area contributed by atoms with Crippen molar-refractivity contribution in [3.8, 4) is 0 Å². The van der Waals surface area contributed by atoms with Gasteiger partial charge in [0.25, 0.3) is 0 Å². The summed E-state index contributed by atoms with van der Waals surface area (Å²) in [6.45, 7) is 3.17. The summed E-state index contributed by atoms with van der Waals surface area (Å²) in [7, 11) is 0. The van der Waals surface area contributed by atoms with E-state index >= 15 is 0 Å². The molecule has 0 saturated carbocycles. The van der Waals surface area contributed by atoms with Crippen LogP contribution in [-0.4, -0.2) is 67.0 Å². The van der Waals surface area contributed by atoms with E-state index < -0.39 is 17.7 Å². The number of ether oxygens (including phenoxy) is 1. The molecule has 1 aromatic rings. The van der Waals surface area contributed by atoms with Crippen molar-refractivity contribution in [3.63, 3.8) is 0 Å². The average molecular weight is 390 g/mol. The molecule has 0 bridgehead atoms. The van der Waals surface area contributed by atoms with Crippen LogP contribution in [0.2, 0.25) is 0 Å². The summed E-state index contributed by atoms with van der Waals surface area (Å²) in [6.07, 6.45) is 0.0762. The van der Waals surface area contributed by atoms with Gasteiger partial charge >= 0.3 is 0 Å². The summed E-state index contributed by atoms with van der Waals surface area (Å²) < 4.78 is 31.9. The number of rotatable bonds is 4. The minimum absolute atomic E-state index is 0. The minimum atomic E-state index is -0.670. The van der Waals surface area contributed by atoms with E-state index in [0.29, 0.717) is 45.0 Å². The van der Waals surface area contributed by atoms with Crippen molar-refractivity contribution in [3.05, 3.63) is 35.4 Å². The van der Waals surface area contributed by atoms with Gasteiger partial charge in [-0.15, -0.1) is 12.4 Å². The first-order valence-electron chi connectivity index (χ1n) is 8.35. The molecule has 1 aromatic carbocycles. The standard InChI is InChI=1S/C17H21F2N3O3.ClH/c18-13-7-12(8-14(19)9-13)11-22-2-1-20-15(17(22)24)10-16(23)21-3-5-25-6-4-21;/h7-9,15,20H,1-6,10-11H2;1H. The lowest BCUT2D eigenvalue weighted by molar-refractivity contribution is -0.143. The first-order chi connectivity index (χ1) is 12.0. The maximum absolute atomic E-state index is 13.3. The number of hydrogen-bond acceptors (Lipinski definition) is 4. The maximum atomic E-state index is 13.3. The van der Waals surface area contributed by atoms with Gasteiger partial charge in [-0.25, -0.2) is 8.78 Å². The number of morpholine rings is 1. The van der Waals surface area contributed by atoms with Crippen molar-refractivity contribution in [1.29, 1.82) is 0 Å². The fourth-order valence-corrected chi connectivity index (χ4v) is 3.15. The molecule has 2 heterocycles. The number of benzene rings is 1. The zero-order valence-corrected chi connectivity index (χ0v) is 15.1. The molecule has 1 atom stereocenters.